The van der Waals surface area contributed by atoms with Crippen LogP contribution < -0.4 is 10.2 Å². The summed E-state index contributed by atoms with van der Waals surface area (Å²) in [5.74, 6) is -0.253. The second-order valence-electron chi connectivity index (χ2n) is 10.2. The van der Waals surface area contributed by atoms with E-state index >= 15 is 0 Å². The molecular weight excluding hydrogens is 444 g/mol. The molecule has 2 bridgehead atoms. The van der Waals surface area contributed by atoms with Gasteiger partial charge in [0.05, 0.1) is 29.2 Å². The van der Waals surface area contributed by atoms with Gasteiger partial charge in [0.1, 0.15) is 0 Å². The van der Waals surface area contributed by atoms with Crippen molar-refractivity contribution in [3.05, 3.63) is 71.8 Å². The van der Waals surface area contributed by atoms with E-state index in [2.05, 4.69) is 17.5 Å². The number of imide groups is 1. The molecular formula is C28H26N2O5. The molecule has 0 radical (unpaired) electrons. The Morgan fingerprint density at radius 1 is 0.914 bits per heavy atom. The Kier molecular flexibility index (Phi) is 4.91. The summed E-state index contributed by atoms with van der Waals surface area (Å²) in [5, 5.41) is 2.80. The highest BCUT2D eigenvalue weighted by Crippen LogP contribution is 2.65. The molecule has 0 unspecified atom stereocenters. The smallest absolute Gasteiger partial charge is 0.338 e. The van der Waals surface area contributed by atoms with E-state index in [0.29, 0.717) is 34.3 Å². The number of anilines is 2. The van der Waals surface area contributed by atoms with Crippen LogP contribution in [0.3, 0.4) is 0 Å². The van der Waals surface area contributed by atoms with Crippen molar-refractivity contribution in [1.29, 1.82) is 0 Å². The fourth-order valence-corrected chi connectivity index (χ4v) is 6.17. The minimum Gasteiger partial charge on any atom is -0.459 e. The monoisotopic (exact) mass is 470 g/mol. The van der Waals surface area contributed by atoms with Gasteiger partial charge in [0.15, 0.2) is 0 Å². The molecule has 35 heavy (non-hydrogen) atoms. The summed E-state index contributed by atoms with van der Waals surface area (Å²) >= 11 is 0. The highest BCUT2D eigenvalue weighted by Gasteiger charge is 2.67. The predicted octanol–water partition coefficient (Wildman–Crippen LogP) is 4.06. The number of allylic oxidation sites excluding steroid dienone is 2. The van der Waals surface area contributed by atoms with Crippen LogP contribution >= 0.6 is 0 Å². The number of rotatable bonds is 5. The first-order valence-corrected chi connectivity index (χ1v) is 12.1. The standard InChI is InChI=1S/C28H26N2O5/c1-14(2)35-28(34)15-6-8-17(9-7-15)29-25(31)16-4-3-5-18(12-16)30-26(32)23-19-10-11-20(22-13-21(19)22)24(23)27(30)33/h3-12,14,19-24H,13H2,1-2H3,(H,29,31)/t19-,20-,21-,22-,23+,24+/m1/s1. The second kappa shape index (κ2) is 7.90. The molecule has 0 spiro atoms. The number of amides is 3. The molecule has 178 valence electrons. The van der Waals surface area contributed by atoms with E-state index in [9.17, 15) is 19.2 Å². The van der Waals surface area contributed by atoms with Crippen LogP contribution in [-0.4, -0.2) is 29.8 Å². The van der Waals surface area contributed by atoms with E-state index in [4.69, 9.17) is 4.74 Å². The molecule has 7 nitrogen and oxygen atoms in total. The van der Waals surface area contributed by atoms with Gasteiger partial charge in [0.2, 0.25) is 11.8 Å². The molecule has 7 rings (SSSR count). The number of carbonyl (C=O) groups excluding carboxylic acids is 4. The van der Waals surface area contributed by atoms with Gasteiger partial charge in [-0.1, -0.05) is 18.2 Å². The summed E-state index contributed by atoms with van der Waals surface area (Å²) in [4.78, 5) is 53.0. The first kappa shape index (κ1) is 21.8. The third-order valence-corrected chi connectivity index (χ3v) is 7.75. The Morgan fingerprint density at radius 3 is 2.14 bits per heavy atom. The summed E-state index contributed by atoms with van der Waals surface area (Å²) in [6.45, 7) is 3.56. The minimum atomic E-state index is -0.424. The first-order valence-electron chi connectivity index (χ1n) is 12.1. The molecule has 1 saturated heterocycles. The molecule has 2 aromatic carbocycles. The van der Waals surface area contributed by atoms with Crippen LogP contribution in [0.15, 0.2) is 60.7 Å². The minimum absolute atomic E-state index is 0.147. The van der Waals surface area contributed by atoms with E-state index in [1.807, 2.05) is 0 Å². The third-order valence-electron chi connectivity index (χ3n) is 7.75. The van der Waals surface area contributed by atoms with Crippen molar-refractivity contribution in [2.75, 3.05) is 10.2 Å². The van der Waals surface area contributed by atoms with Gasteiger partial charge in [-0.3, -0.25) is 14.4 Å². The number of nitrogens with zero attached hydrogens (tertiary/aromatic N) is 1. The van der Waals surface area contributed by atoms with Crippen LogP contribution in [0.4, 0.5) is 11.4 Å². The Morgan fingerprint density at radius 2 is 1.54 bits per heavy atom. The number of hydrogen-bond donors (Lipinski definition) is 1. The highest BCUT2D eigenvalue weighted by molar-refractivity contribution is 6.23. The Bertz CT molecular complexity index is 1240. The molecule has 2 aromatic rings. The number of esters is 1. The van der Waals surface area contributed by atoms with Gasteiger partial charge in [0, 0.05) is 11.3 Å². The van der Waals surface area contributed by atoms with Gasteiger partial charge in [0.25, 0.3) is 5.91 Å². The Hall–Kier alpha value is -3.74. The maximum Gasteiger partial charge on any atom is 0.338 e. The lowest BCUT2D eigenvalue weighted by Gasteiger charge is -2.37. The number of ether oxygens (including phenoxy) is 1. The molecule has 3 fully saturated rings. The summed E-state index contributed by atoms with van der Waals surface area (Å²) in [5.41, 5.74) is 1.68. The summed E-state index contributed by atoms with van der Waals surface area (Å²) < 4.78 is 5.18. The van der Waals surface area contributed by atoms with Gasteiger partial charge in [-0.2, -0.15) is 0 Å². The number of nitrogens with one attached hydrogen (secondary N) is 1. The molecule has 6 atom stereocenters. The van der Waals surface area contributed by atoms with E-state index in [-0.39, 0.29) is 47.5 Å². The van der Waals surface area contributed by atoms with Gasteiger partial charge in [-0.05, 0) is 86.4 Å². The van der Waals surface area contributed by atoms with Gasteiger partial charge in [-0.25, -0.2) is 9.69 Å². The van der Waals surface area contributed by atoms with Crippen LogP contribution in [-0.2, 0) is 14.3 Å². The quantitative estimate of drug-likeness (QED) is 0.404. The van der Waals surface area contributed by atoms with Gasteiger partial charge < -0.3 is 10.1 Å². The molecule has 4 aliphatic carbocycles. The Labute approximate surface area is 203 Å². The zero-order valence-corrected chi connectivity index (χ0v) is 19.5. The maximum absolute atomic E-state index is 13.4. The van der Waals surface area contributed by atoms with Crippen molar-refractivity contribution in [1.82, 2.24) is 0 Å². The SMILES string of the molecule is CC(C)OC(=O)c1ccc(NC(=O)c2cccc(N3C(=O)[C@H]4[C@@H]5C=C[C@H]([C@H]6C[C@H]56)[C@@H]4C3=O)c2)cc1. The maximum atomic E-state index is 13.4. The van der Waals surface area contributed by atoms with Crippen molar-refractivity contribution in [2.45, 2.75) is 26.4 Å². The largest absolute Gasteiger partial charge is 0.459 e. The van der Waals surface area contributed by atoms with E-state index < -0.39 is 5.97 Å². The molecule has 5 aliphatic rings. The lowest BCUT2D eigenvalue weighted by atomic mass is 9.63. The normalized spacial score (nSPS) is 29.7. The Balaban J connectivity index is 1.19. The van der Waals surface area contributed by atoms with E-state index in [1.165, 1.54) is 4.90 Å². The fraction of sp³-hybridized carbons (Fsp3) is 0.357. The first-order chi connectivity index (χ1) is 16.8. The van der Waals surface area contributed by atoms with Crippen LogP contribution in [0.2, 0.25) is 0 Å². The van der Waals surface area contributed by atoms with Crippen molar-refractivity contribution in [2.24, 2.45) is 35.5 Å². The predicted molar refractivity (Wildman–Crippen MR) is 129 cm³/mol. The molecule has 1 aliphatic heterocycles. The summed E-state index contributed by atoms with van der Waals surface area (Å²) in [7, 11) is 0. The van der Waals surface area contributed by atoms with Crippen molar-refractivity contribution < 1.29 is 23.9 Å². The van der Waals surface area contributed by atoms with Gasteiger partial charge >= 0.3 is 5.97 Å². The van der Waals surface area contributed by atoms with E-state index in [1.54, 1.807) is 62.4 Å². The number of hydrogen-bond acceptors (Lipinski definition) is 5. The zero-order chi connectivity index (χ0) is 24.4. The van der Waals surface area contributed by atoms with Gasteiger partial charge in [-0.15, -0.1) is 0 Å². The van der Waals surface area contributed by atoms with Crippen molar-refractivity contribution in [3.8, 4) is 0 Å². The average Bonchev–Trinajstić information content (AvgIpc) is 3.62. The van der Waals surface area contributed by atoms with Crippen LogP contribution in [0, 0.1) is 35.5 Å². The molecule has 1 N–H and O–H groups in total. The van der Waals surface area contributed by atoms with Crippen molar-refractivity contribution >= 4 is 35.1 Å². The summed E-state index contributed by atoms with van der Waals surface area (Å²) in [6, 6.07) is 13.1. The van der Waals surface area contributed by atoms with Crippen LogP contribution in [0.5, 0.6) is 0 Å². The summed E-state index contributed by atoms with van der Waals surface area (Å²) in [6.07, 6.45) is 5.19. The van der Waals surface area contributed by atoms with Crippen LogP contribution in [0.25, 0.3) is 0 Å². The molecule has 3 amide bonds. The second-order valence-corrected chi connectivity index (χ2v) is 10.2. The topological polar surface area (TPSA) is 92.8 Å². The number of carbonyl (C=O) groups is 4. The van der Waals surface area contributed by atoms with Crippen molar-refractivity contribution in [3.63, 3.8) is 0 Å². The fourth-order valence-electron chi connectivity index (χ4n) is 6.17. The lowest BCUT2D eigenvalue weighted by Crippen LogP contribution is -2.40. The zero-order valence-electron chi connectivity index (χ0n) is 19.5. The molecule has 2 saturated carbocycles. The third kappa shape index (κ3) is 3.49. The van der Waals surface area contributed by atoms with E-state index in [0.717, 1.165) is 6.42 Å². The van der Waals surface area contributed by atoms with Crippen LogP contribution in [0.1, 0.15) is 41.0 Å². The number of benzene rings is 2. The average molecular weight is 471 g/mol. The highest BCUT2D eigenvalue weighted by atomic mass is 16.5. The lowest BCUT2D eigenvalue weighted by molar-refractivity contribution is -0.124. The molecule has 7 heteroatoms. The molecule has 0 aromatic heterocycles. The molecule has 1 heterocycles.